The van der Waals surface area contributed by atoms with Crippen LogP contribution in [-0.2, 0) is 6.54 Å². The molecule has 0 bridgehead atoms. The number of benzene rings is 1. The molecule has 90 valence electrons. The van der Waals surface area contributed by atoms with Gasteiger partial charge in [0, 0.05) is 22.6 Å². The van der Waals surface area contributed by atoms with E-state index in [1.165, 1.54) is 0 Å². The molecule has 0 amide bonds. The van der Waals surface area contributed by atoms with Crippen molar-refractivity contribution in [3.8, 4) is 6.07 Å². The third-order valence-corrected chi connectivity index (χ3v) is 3.94. The lowest BCUT2D eigenvalue weighted by atomic mass is 9.99. The summed E-state index contributed by atoms with van der Waals surface area (Å²) < 4.78 is 1.000. The number of nitriles is 1. The molecule has 1 aliphatic rings. The van der Waals surface area contributed by atoms with Crippen LogP contribution in [0.1, 0.15) is 18.4 Å². The van der Waals surface area contributed by atoms with Crippen LogP contribution in [0, 0.1) is 17.2 Å². The summed E-state index contributed by atoms with van der Waals surface area (Å²) in [5.41, 5.74) is 1.13. The van der Waals surface area contributed by atoms with Crippen LogP contribution in [0.2, 0.25) is 5.02 Å². The predicted octanol–water partition coefficient (Wildman–Crippen LogP) is 3.84. The Labute approximate surface area is 115 Å². The Kier molecular flexibility index (Phi) is 4.44. The van der Waals surface area contributed by atoms with Crippen molar-refractivity contribution in [3.05, 3.63) is 33.3 Å². The first kappa shape index (κ1) is 12.9. The number of nitrogens with zero attached hydrogens (tertiary/aromatic N) is 2. The minimum atomic E-state index is 0.179. The van der Waals surface area contributed by atoms with Crippen LogP contribution < -0.4 is 0 Å². The van der Waals surface area contributed by atoms with Crippen LogP contribution in [0.15, 0.2) is 22.7 Å². The van der Waals surface area contributed by atoms with Crippen molar-refractivity contribution in [2.45, 2.75) is 19.4 Å². The molecule has 0 aliphatic carbocycles. The van der Waals surface area contributed by atoms with Crippen LogP contribution in [0.3, 0.4) is 0 Å². The van der Waals surface area contributed by atoms with Gasteiger partial charge in [-0.1, -0.05) is 33.6 Å². The van der Waals surface area contributed by atoms with Gasteiger partial charge in [0.05, 0.1) is 12.0 Å². The maximum absolute atomic E-state index is 8.96. The highest BCUT2D eigenvalue weighted by molar-refractivity contribution is 9.10. The number of piperidine rings is 1. The smallest absolute Gasteiger partial charge is 0.0669 e. The summed E-state index contributed by atoms with van der Waals surface area (Å²) >= 11 is 9.60. The normalized spacial score (nSPS) is 21.1. The lowest BCUT2D eigenvalue weighted by Crippen LogP contribution is -2.34. The van der Waals surface area contributed by atoms with Crippen LogP contribution in [0.5, 0.6) is 0 Å². The van der Waals surface area contributed by atoms with E-state index in [0.29, 0.717) is 0 Å². The molecule has 0 aromatic heterocycles. The van der Waals surface area contributed by atoms with Crippen molar-refractivity contribution < 1.29 is 0 Å². The molecule has 1 aromatic carbocycles. The minimum Gasteiger partial charge on any atom is -0.298 e. The molecule has 0 N–H and O–H groups in total. The zero-order valence-corrected chi connectivity index (χ0v) is 11.8. The van der Waals surface area contributed by atoms with Crippen molar-refractivity contribution in [1.82, 2.24) is 4.90 Å². The Morgan fingerprint density at radius 1 is 1.53 bits per heavy atom. The van der Waals surface area contributed by atoms with E-state index in [1.54, 1.807) is 0 Å². The summed E-state index contributed by atoms with van der Waals surface area (Å²) in [6, 6.07) is 8.33. The maximum Gasteiger partial charge on any atom is 0.0669 e. The Balaban J connectivity index is 2.03. The third-order valence-electron chi connectivity index (χ3n) is 3.10. The van der Waals surface area contributed by atoms with Gasteiger partial charge in [-0.25, -0.2) is 0 Å². The summed E-state index contributed by atoms with van der Waals surface area (Å²) in [6.45, 7) is 2.76. The van der Waals surface area contributed by atoms with Crippen molar-refractivity contribution in [3.63, 3.8) is 0 Å². The molecule has 1 heterocycles. The van der Waals surface area contributed by atoms with Crippen molar-refractivity contribution in [1.29, 1.82) is 5.26 Å². The first-order valence-electron chi connectivity index (χ1n) is 5.75. The second-order valence-electron chi connectivity index (χ2n) is 4.44. The Bertz CT molecular complexity index is 442. The maximum atomic E-state index is 8.96. The van der Waals surface area contributed by atoms with E-state index in [4.69, 9.17) is 16.9 Å². The van der Waals surface area contributed by atoms with Gasteiger partial charge in [0.15, 0.2) is 0 Å². The molecule has 2 nitrogen and oxygen atoms in total. The SMILES string of the molecule is N#CC1CCCN(Cc2ccc(Br)cc2Cl)C1. The summed E-state index contributed by atoms with van der Waals surface area (Å²) in [5.74, 6) is 0.179. The highest BCUT2D eigenvalue weighted by Crippen LogP contribution is 2.24. The zero-order chi connectivity index (χ0) is 12.3. The average molecular weight is 314 g/mol. The molecule has 17 heavy (non-hydrogen) atoms. The van der Waals surface area contributed by atoms with Crippen LogP contribution >= 0.6 is 27.5 Å². The van der Waals surface area contributed by atoms with Crippen molar-refractivity contribution >= 4 is 27.5 Å². The van der Waals surface area contributed by atoms with Gasteiger partial charge in [0.25, 0.3) is 0 Å². The van der Waals surface area contributed by atoms with Crippen LogP contribution in [-0.4, -0.2) is 18.0 Å². The largest absolute Gasteiger partial charge is 0.298 e. The molecular weight excluding hydrogens is 300 g/mol. The Hall–Kier alpha value is -0.560. The van der Waals surface area contributed by atoms with Crippen molar-refractivity contribution in [2.24, 2.45) is 5.92 Å². The van der Waals surface area contributed by atoms with Gasteiger partial charge >= 0.3 is 0 Å². The van der Waals surface area contributed by atoms with E-state index in [1.807, 2.05) is 18.2 Å². The summed E-state index contributed by atoms with van der Waals surface area (Å²) in [5, 5.41) is 9.75. The molecular formula is C13H14BrClN2. The molecule has 1 unspecified atom stereocenters. The van der Waals surface area contributed by atoms with Crippen LogP contribution in [0.25, 0.3) is 0 Å². The number of halogens is 2. The molecule has 1 aliphatic heterocycles. The molecule has 1 aromatic rings. The summed E-state index contributed by atoms with van der Waals surface area (Å²) in [7, 11) is 0. The molecule has 2 rings (SSSR count). The fourth-order valence-electron chi connectivity index (χ4n) is 2.20. The summed E-state index contributed by atoms with van der Waals surface area (Å²) in [4.78, 5) is 2.31. The van der Waals surface area contributed by atoms with E-state index in [0.717, 1.165) is 47.5 Å². The Morgan fingerprint density at radius 3 is 3.06 bits per heavy atom. The fourth-order valence-corrected chi connectivity index (χ4v) is 2.93. The fraction of sp³-hybridized carbons (Fsp3) is 0.462. The van der Waals surface area contributed by atoms with Gasteiger partial charge in [0.1, 0.15) is 0 Å². The van der Waals surface area contributed by atoms with E-state index in [-0.39, 0.29) is 5.92 Å². The second kappa shape index (κ2) is 5.86. The molecule has 1 fully saturated rings. The lowest BCUT2D eigenvalue weighted by Gasteiger charge is -2.29. The zero-order valence-electron chi connectivity index (χ0n) is 9.50. The molecule has 1 saturated heterocycles. The van der Waals surface area contributed by atoms with E-state index in [9.17, 15) is 0 Å². The predicted molar refractivity (Wildman–Crippen MR) is 72.8 cm³/mol. The minimum absolute atomic E-state index is 0.179. The number of rotatable bonds is 2. The van der Waals surface area contributed by atoms with Crippen LogP contribution in [0.4, 0.5) is 0 Å². The first-order chi connectivity index (χ1) is 8.19. The average Bonchev–Trinajstić information content (AvgIpc) is 2.33. The van der Waals surface area contributed by atoms with Gasteiger partial charge in [-0.05, 0) is 37.1 Å². The second-order valence-corrected chi connectivity index (χ2v) is 5.76. The van der Waals surface area contributed by atoms with E-state index < -0.39 is 0 Å². The van der Waals surface area contributed by atoms with E-state index >= 15 is 0 Å². The molecule has 1 atom stereocenters. The first-order valence-corrected chi connectivity index (χ1v) is 6.92. The van der Waals surface area contributed by atoms with Gasteiger partial charge in [-0.2, -0.15) is 5.26 Å². The highest BCUT2D eigenvalue weighted by Gasteiger charge is 2.19. The van der Waals surface area contributed by atoms with Gasteiger partial charge in [0.2, 0.25) is 0 Å². The van der Waals surface area contributed by atoms with Crippen molar-refractivity contribution in [2.75, 3.05) is 13.1 Å². The molecule has 0 spiro atoms. The van der Waals surface area contributed by atoms with Gasteiger partial charge in [-0.15, -0.1) is 0 Å². The van der Waals surface area contributed by atoms with Gasteiger partial charge < -0.3 is 0 Å². The van der Waals surface area contributed by atoms with Gasteiger partial charge in [-0.3, -0.25) is 4.90 Å². The number of hydrogen-bond donors (Lipinski definition) is 0. The highest BCUT2D eigenvalue weighted by atomic mass is 79.9. The standard InChI is InChI=1S/C13H14BrClN2/c14-12-4-3-11(13(15)6-12)9-17-5-1-2-10(7-16)8-17/h3-4,6,10H,1-2,5,8-9H2. The molecule has 0 radical (unpaired) electrons. The van der Waals surface area contributed by atoms with E-state index in [2.05, 4.69) is 26.9 Å². The summed E-state index contributed by atoms with van der Waals surface area (Å²) in [6.07, 6.45) is 2.13. The monoisotopic (exact) mass is 312 g/mol. The topological polar surface area (TPSA) is 27.0 Å². The third kappa shape index (κ3) is 3.45. The Morgan fingerprint density at radius 2 is 2.35 bits per heavy atom. The molecule has 4 heteroatoms. The number of likely N-dealkylation sites (tertiary alicyclic amines) is 1. The number of hydrogen-bond acceptors (Lipinski definition) is 2. The molecule has 0 saturated carbocycles. The quantitative estimate of drug-likeness (QED) is 0.829. The lowest BCUT2D eigenvalue weighted by molar-refractivity contribution is 0.192.